The first-order chi connectivity index (χ1) is 10.3. The lowest BCUT2D eigenvalue weighted by Gasteiger charge is -2.20. The zero-order chi connectivity index (χ0) is 14.7. The molecule has 0 aromatic carbocycles. The van der Waals surface area contributed by atoms with Crippen LogP contribution in [0, 0.1) is 5.82 Å². The summed E-state index contributed by atoms with van der Waals surface area (Å²) in [5.74, 6) is -1.09. The van der Waals surface area contributed by atoms with Crippen molar-refractivity contribution in [3.8, 4) is 0 Å². The Morgan fingerprint density at radius 3 is 2.90 bits per heavy atom. The van der Waals surface area contributed by atoms with Gasteiger partial charge in [-0.25, -0.2) is 4.39 Å². The monoisotopic (exact) mass is 287 g/mol. The molecule has 0 aliphatic carbocycles. The molecule has 2 aromatic heterocycles. The molecule has 0 spiro atoms. The van der Waals surface area contributed by atoms with Crippen LogP contribution in [0.1, 0.15) is 28.4 Å². The van der Waals surface area contributed by atoms with Gasteiger partial charge in [0.1, 0.15) is 6.10 Å². The van der Waals surface area contributed by atoms with E-state index in [1.165, 1.54) is 12.3 Å². The van der Waals surface area contributed by atoms with E-state index in [0.717, 1.165) is 11.8 Å². The Morgan fingerprint density at radius 1 is 1.29 bits per heavy atom. The summed E-state index contributed by atoms with van der Waals surface area (Å²) in [6.07, 6.45) is 6.23. The number of carbonyl (C=O) groups is 1. The molecule has 2 aromatic rings. The summed E-state index contributed by atoms with van der Waals surface area (Å²) in [7, 11) is 0. The highest BCUT2D eigenvalue weighted by atomic mass is 19.1. The normalized spacial score (nSPS) is 21.2. The van der Waals surface area contributed by atoms with Crippen molar-refractivity contribution in [2.24, 2.45) is 0 Å². The molecule has 0 unspecified atom stereocenters. The number of halogens is 1. The van der Waals surface area contributed by atoms with E-state index in [2.05, 4.69) is 15.3 Å². The van der Waals surface area contributed by atoms with E-state index in [1.807, 2.05) is 12.1 Å². The fourth-order valence-corrected chi connectivity index (χ4v) is 2.42. The molecule has 1 aliphatic heterocycles. The molecule has 0 bridgehead atoms. The summed E-state index contributed by atoms with van der Waals surface area (Å²) in [5.41, 5.74) is 0.886. The summed E-state index contributed by atoms with van der Waals surface area (Å²) >= 11 is 0. The fraction of sp³-hybridized carbons (Fsp3) is 0.267. The van der Waals surface area contributed by atoms with Crippen molar-refractivity contribution < 1.29 is 13.9 Å². The van der Waals surface area contributed by atoms with Gasteiger partial charge in [0.05, 0.1) is 17.8 Å². The molecule has 5 nitrogen and oxygen atoms in total. The molecule has 2 atom stereocenters. The third-order valence-electron chi connectivity index (χ3n) is 3.44. The number of rotatable bonds is 3. The Kier molecular flexibility index (Phi) is 3.87. The minimum Gasteiger partial charge on any atom is -0.371 e. The lowest BCUT2D eigenvalue weighted by molar-refractivity contribution is 0.0817. The van der Waals surface area contributed by atoms with Gasteiger partial charge in [0.25, 0.3) is 5.91 Å². The van der Waals surface area contributed by atoms with Crippen molar-refractivity contribution in [2.45, 2.75) is 18.6 Å². The highest BCUT2D eigenvalue weighted by Gasteiger charge is 2.31. The van der Waals surface area contributed by atoms with E-state index >= 15 is 0 Å². The maximum atomic E-state index is 13.6. The number of hydrogen-bond donors (Lipinski definition) is 1. The first kappa shape index (κ1) is 13.6. The second-order valence-corrected chi connectivity index (χ2v) is 4.80. The predicted octanol–water partition coefficient (Wildman–Crippen LogP) is 1.88. The molecule has 1 fully saturated rings. The van der Waals surface area contributed by atoms with Gasteiger partial charge in [-0.15, -0.1) is 0 Å². The number of pyridine rings is 2. The molecule has 108 valence electrons. The Labute approximate surface area is 121 Å². The van der Waals surface area contributed by atoms with Crippen LogP contribution in [0.25, 0.3) is 0 Å². The van der Waals surface area contributed by atoms with Crippen LogP contribution >= 0.6 is 0 Å². The van der Waals surface area contributed by atoms with Gasteiger partial charge in [-0.2, -0.15) is 0 Å². The van der Waals surface area contributed by atoms with Gasteiger partial charge in [0.2, 0.25) is 0 Å². The number of nitrogens with one attached hydrogen (secondary N) is 1. The van der Waals surface area contributed by atoms with E-state index in [4.69, 9.17) is 4.74 Å². The van der Waals surface area contributed by atoms with Crippen molar-refractivity contribution in [1.29, 1.82) is 0 Å². The quantitative estimate of drug-likeness (QED) is 0.936. The van der Waals surface area contributed by atoms with Crippen molar-refractivity contribution >= 4 is 5.91 Å². The molecule has 3 rings (SSSR count). The lowest BCUT2D eigenvalue weighted by atomic mass is 10.0. The van der Waals surface area contributed by atoms with E-state index in [9.17, 15) is 9.18 Å². The van der Waals surface area contributed by atoms with Gasteiger partial charge < -0.3 is 10.1 Å². The highest BCUT2D eigenvalue weighted by molar-refractivity contribution is 5.94. The van der Waals surface area contributed by atoms with Crippen LogP contribution in [-0.4, -0.2) is 28.5 Å². The van der Waals surface area contributed by atoms with Crippen LogP contribution in [0.2, 0.25) is 0 Å². The largest absolute Gasteiger partial charge is 0.371 e. The second-order valence-electron chi connectivity index (χ2n) is 4.80. The molecule has 0 radical (unpaired) electrons. The van der Waals surface area contributed by atoms with E-state index in [0.29, 0.717) is 13.0 Å². The molecule has 6 heteroatoms. The zero-order valence-corrected chi connectivity index (χ0v) is 11.2. The first-order valence-electron chi connectivity index (χ1n) is 6.67. The van der Waals surface area contributed by atoms with Crippen molar-refractivity contribution in [1.82, 2.24) is 15.3 Å². The average molecular weight is 287 g/mol. The standard InChI is InChI=1S/C15H14FN3O2/c16-12-9-18-6-3-11(12)15(20)19-13-4-7-21-14(13)10-2-1-5-17-8-10/h1-3,5-6,8-9,13-14H,4,7H2,(H,19,20)/t13-,14+/m0/s1. The Morgan fingerprint density at radius 2 is 2.14 bits per heavy atom. The van der Waals surface area contributed by atoms with Crippen LogP contribution in [0.15, 0.2) is 43.0 Å². The molecule has 1 amide bonds. The Hall–Kier alpha value is -2.34. The summed E-state index contributed by atoms with van der Waals surface area (Å²) in [4.78, 5) is 19.8. The first-order valence-corrected chi connectivity index (χ1v) is 6.67. The van der Waals surface area contributed by atoms with E-state index < -0.39 is 11.7 Å². The number of ether oxygens (including phenoxy) is 1. The average Bonchev–Trinajstić information content (AvgIpc) is 2.96. The molecule has 0 saturated carbocycles. The predicted molar refractivity (Wildman–Crippen MR) is 73.0 cm³/mol. The molecule has 1 N–H and O–H groups in total. The highest BCUT2D eigenvalue weighted by Crippen LogP contribution is 2.28. The smallest absolute Gasteiger partial charge is 0.254 e. The second kappa shape index (κ2) is 5.97. The number of amides is 1. The number of aromatic nitrogens is 2. The van der Waals surface area contributed by atoms with Crippen molar-refractivity contribution in [2.75, 3.05) is 6.61 Å². The fourth-order valence-electron chi connectivity index (χ4n) is 2.42. The van der Waals surface area contributed by atoms with Crippen LogP contribution < -0.4 is 5.32 Å². The molecular weight excluding hydrogens is 273 g/mol. The topological polar surface area (TPSA) is 64.1 Å². The minimum atomic E-state index is -0.633. The lowest BCUT2D eigenvalue weighted by Crippen LogP contribution is -2.37. The molecule has 3 heterocycles. The summed E-state index contributed by atoms with van der Waals surface area (Å²) in [6, 6.07) is 4.88. The molecular formula is C15H14FN3O2. The third kappa shape index (κ3) is 2.90. The van der Waals surface area contributed by atoms with Crippen molar-refractivity contribution in [3.05, 3.63) is 59.9 Å². The summed E-state index contributed by atoms with van der Waals surface area (Å²) in [5, 5.41) is 2.83. The van der Waals surface area contributed by atoms with Gasteiger partial charge in [-0.3, -0.25) is 14.8 Å². The van der Waals surface area contributed by atoms with Crippen LogP contribution in [0.3, 0.4) is 0 Å². The van der Waals surface area contributed by atoms with Gasteiger partial charge in [0, 0.05) is 30.8 Å². The number of hydrogen-bond acceptors (Lipinski definition) is 4. The van der Waals surface area contributed by atoms with Crippen LogP contribution in [0.5, 0.6) is 0 Å². The van der Waals surface area contributed by atoms with Crippen molar-refractivity contribution in [3.63, 3.8) is 0 Å². The SMILES string of the molecule is O=C(N[C@H]1CCO[C@@H]1c1cccnc1)c1ccncc1F. The summed E-state index contributed by atoms with van der Waals surface area (Å²) in [6.45, 7) is 0.545. The van der Waals surface area contributed by atoms with E-state index in [1.54, 1.807) is 12.4 Å². The maximum Gasteiger partial charge on any atom is 0.254 e. The van der Waals surface area contributed by atoms with Gasteiger partial charge in [0.15, 0.2) is 5.82 Å². The van der Waals surface area contributed by atoms with Crippen LogP contribution in [0.4, 0.5) is 4.39 Å². The summed E-state index contributed by atoms with van der Waals surface area (Å²) < 4.78 is 19.2. The molecule has 1 aliphatic rings. The van der Waals surface area contributed by atoms with Crippen LogP contribution in [-0.2, 0) is 4.74 Å². The number of carbonyl (C=O) groups excluding carboxylic acids is 1. The van der Waals surface area contributed by atoms with E-state index in [-0.39, 0.29) is 17.7 Å². The van der Waals surface area contributed by atoms with Gasteiger partial charge in [-0.05, 0) is 18.6 Å². The maximum absolute atomic E-state index is 13.6. The number of nitrogens with zero attached hydrogens (tertiary/aromatic N) is 2. The minimum absolute atomic E-state index is 0.0122. The van der Waals surface area contributed by atoms with Gasteiger partial charge >= 0.3 is 0 Å². The molecule has 21 heavy (non-hydrogen) atoms. The Balaban J connectivity index is 1.75. The third-order valence-corrected chi connectivity index (χ3v) is 3.44. The van der Waals surface area contributed by atoms with Gasteiger partial charge in [-0.1, -0.05) is 6.07 Å². The Bertz CT molecular complexity index is 636. The zero-order valence-electron chi connectivity index (χ0n) is 11.2. The molecule has 1 saturated heterocycles.